The maximum Gasteiger partial charge on any atom is 0.407 e. The standard InChI is InChI=1S/C25H30N2O5/c1-3-8-17(24(30)27-16(2)13-23(28)29)14-26-25(31)32-15-22-20-11-6-4-9-18(20)19-10-5-7-12-21(19)22/h4-7,9-12,16-17,22H,3,8,13-15H2,1-2H3,(H,26,31)(H,27,30)(H,28,29)/t16-,17?/m1/s1. The molecule has 3 rings (SSSR count). The van der Waals surface area contributed by atoms with Crippen molar-refractivity contribution in [3.8, 4) is 11.1 Å². The molecular weight excluding hydrogens is 408 g/mol. The molecule has 170 valence electrons. The quantitative estimate of drug-likeness (QED) is 0.521. The Bertz CT molecular complexity index is 929. The minimum atomic E-state index is -0.971. The van der Waals surface area contributed by atoms with Crippen LogP contribution in [0.1, 0.15) is 50.2 Å². The van der Waals surface area contributed by atoms with Crippen LogP contribution in [-0.4, -0.2) is 42.3 Å². The van der Waals surface area contributed by atoms with Crippen LogP contribution in [0.3, 0.4) is 0 Å². The number of hydrogen-bond acceptors (Lipinski definition) is 4. The van der Waals surface area contributed by atoms with Gasteiger partial charge in [0.15, 0.2) is 0 Å². The monoisotopic (exact) mass is 438 g/mol. The number of alkyl carbamates (subject to hydrolysis) is 1. The number of amides is 2. The van der Waals surface area contributed by atoms with E-state index < -0.39 is 24.0 Å². The van der Waals surface area contributed by atoms with Gasteiger partial charge in [-0.05, 0) is 35.6 Å². The lowest BCUT2D eigenvalue weighted by Gasteiger charge is -2.20. The third kappa shape index (κ3) is 5.66. The van der Waals surface area contributed by atoms with Crippen molar-refractivity contribution in [3.05, 3.63) is 59.7 Å². The Labute approximate surface area is 188 Å². The first kappa shape index (κ1) is 23.3. The molecule has 0 fully saturated rings. The zero-order valence-corrected chi connectivity index (χ0v) is 18.5. The number of benzene rings is 2. The Kier molecular flexibility index (Phi) is 7.87. The van der Waals surface area contributed by atoms with E-state index in [0.29, 0.717) is 6.42 Å². The lowest BCUT2D eigenvalue weighted by Crippen LogP contribution is -2.43. The molecule has 2 aromatic rings. The first-order valence-electron chi connectivity index (χ1n) is 11.0. The second-order valence-electron chi connectivity index (χ2n) is 8.20. The number of hydrogen-bond donors (Lipinski definition) is 3. The van der Waals surface area contributed by atoms with Crippen LogP contribution >= 0.6 is 0 Å². The molecule has 7 nitrogen and oxygen atoms in total. The number of rotatable bonds is 10. The van der Waals surface area contributed by atoms with E-state index in [1.54, 1.807) is 6.92 Å². The smallest absolute Gasteiger partial charge is 0.407 e. The van der Waals surface area contributed by atoms with Gasteiger partial charge in [-0.15, -0.1) is 0 Å². The van der Waals surface area contributed by atoms with Crippen LogP contribution in [0.15, 0.2) is 48.5 Å². The summed E-state index contributed by atoms with van der Waals surface area (Å²) < 4.78 is 5.52. The molecule has 1 unspecified atom stereocenters. The fourth-order valence-corrected chi connectivity index (χ4v) is 4.20. The van der Waals surface area contributed by atoms with Gasteiger partial charge in [0, 0.05) is 18.5 Å². The van der Waals surface area contributed by atoms with Crippen LogP contribution in [0.2, 0.25) is 0 Å². The van der Waals surface area contributed by atoms with E-state index in [4.69, 9.17) is 9.84 Å². The summed E-state index contributed by atoms with van der Waals surface area (Å²) in [5.74, 6) is -1.71. The molecule has 1 aliphatic rings. The number of carboxylic acids is 1. The Hall–Kier alpha value is -3.35. The molecule has 3 N–H and O–H groups in total. The molecule has 0 aromatic heterocycles. The van der Waals surface area contributed by atoms with Gasteiger partial charge in [0.05, 0.1) is 12.3 Å². The molecule has 2 atom stereocenters. The molecule has 7 heteroatoms. The van der Waals surface area contributed by atoms with Crippen molar-refractivity contribution in [2.45, 2.75) is 45.1 Å². The van der Waals surface area contributed by atoms with Gasteiger partial charge >= 0.3 is 12.1 Å². The summed E-state index contributed by atoms with van der Waals surface area (Å²) in [5.41, 5.74) is 4.59. The van der Waals surface area contributed by atoms with Crippen LogP contribution in [0.4, 0.5) is 4.79 Å². The summed E-state index contributed by atoms with van der Waals surface area (Å²) in [6, 6.07) is 15.8. The van der Waals surface area contributed by atoms with Crippen LogP contribution < -0.4 is 10.6 Å². The summed E-state index contributed by atoms with van der Waals surface area (Å²) in [7, 11) is 0. The number of fused-ring (bicyclic) bond motifs is 3. The SMILES string of the molecule is CCCC(CNC(=O)OCC1c2ccccc2-c2ccccc21)C(=O)N[C@H](C)CC(=O)O. The first-order chi connectivity index (χ1) is 15.4. The number of carboxylic acid groups (broad SMARTS) is 1. The van der Waals surface area contributed by atoms with Gasteiger partial charge < -0.3 is 20.5 Å². The van der Waals surface area contributed by atoms with Gasteiger partial charge in [-0.1, -0.05) is 61.9 Å². The first-order valence-corrected chi connectivity index (χ1v) is 11.0. The van der Waals surface area contributed by atoms with Crippen LogP contribution in [0.5, 0.6) is 0 Å². The van der Waals surface area contributed by atoms with Crippen molar-refractivity contribution >= 4 is 18.0 Å². The van der Waals surface area contributed by atoms with E-state index in [1.165, 1.54) is 0 Å². The Balaban J connectivity index is 1.55. The van der Waals surface area contributed by atoms with Crippen molar-refractivity contribution in [2.75, 3.05) is 13.2 Å². The minimum Gasteiger partial charge on any atom is -0.481 e. The molecule has 0 heterocycles. The molecule has 0 saturated carbocycles. The number of carbonyl (C=O) groups is 3. The van der Waals surface area contributed by atoms with Crippen LogP contribution in [0, 0.1) is 5.92 Å². The highest BCUT2D eigenvalue weighted by Crippen LogP contribution is 2.44. The van der Waals surface area contributed by atoms with E-state index >= 15 is 0 Å². The van der Waals surface area contributed by atoms with Crippen molar-refractivity contribution in [1.29, 1.82) is 0 Å². The van der Waals surface area contributed by atoms with Crippen LogP contribution in [-0.2, 0) is 14.3 Å². The molecule has 0 bridgehead atoms. The largest absolute Gasteiger partial charge is 0.481 e. The average Bonchev–Trinajstić information content (AvgIpc) is 3.08. The average molecular weight is 439 g/mol. The van der Waals surface area contributed by atoms with Gasteiger partial charge in [0.2, 0.25) is 5.91 Å². The molecule has 2 aromatic carbocycles. The van der Waals surface area contributed by atoms with Gasteiger partial charge in [0.1, 0.15) is 6.61 Å². The van der Waals surface area contributed by atoms with Gasteiger partial charge in [-0.3, -0.25) is 9.59 Å². The highest BCUT2D eigenvalue weighted by atomic mass is 16.5. The van der Waals surface area contributed by atoms with Crippen LogP contribution in [0.25, 0.3) is 11.1 Å². The van der Waals surface area contributed by atoms with E-state index in [1.807, 2.05) is 31.2 Å². The molecule has 32 heavy (non-hydrogen) atoms. The predicted molar refractivity (Wildman–Crippen MR) is 121 cm³/mol. The van der Waals surface area contributed by atoms with Gasteiger partial charge in [-0.2, -0.15) is 0 Å². The normalized spacial score (nSPS) is 14.1. The minimum absolute atomic E-state index is 0.0280. The van der Waals surface area contributed by atoms with E-state index in [0.717, 1.165) is 28.7 Å². The van der Waals surface area contributed by atoms with Crippen molar-refractivity contribution in [3.63, 3.8) is 0 Å². The number of ether oxygens (including phenoxy) is 1. The Morgan fingerprint density at radius 1 is 1.03 bits per heavy atom. The molecule has 0 saturated heterocycles. The Morgan fingerprint density at radius 3 is 2.19 bits per heavy atom. The fourth-order valence-electron chi connectivity index (χ4n) is 4.20. The number of nitrogens with one attached hydrogen (secondary N) is 2. The highest BCUT2D eigenvalue weighted by molar-refractivity contribution is 5.81. The molecule has 2 amide bonds. The summed E-state index contributed by atoms with van der Waals surface area (Å²) in [5, 5.41) is 14.3. The lowest BCUT2D eigenvalue weighted by molar-refractivity contribution is -0.137. The summed E-state index contributed by atoms with van der Waals surface area (Å²) >= 11 is 0. The third-order valence-electron chi connectivity index (χ3n) is 5.71. The molecule has 0 aliphatic heterocycles. The second kappa shape index (κ2) is 10.8. The third-order valence-corrected chi connectivity index (χ3v) is 5.71. The fraction of sp³-hybridized carbons (Fsp3) is 0.400. The molecular formula is C25H30N2O5. The zero-order valence-electron chi connectivity index (χ0n) is 18.5. The lowest BCUT2D eigenvalue weighted by atomic mass is 9.98. The maximum absolute atomic E-state index is 12.5. The summed E-state index contributed by atoms with van der Waals surface area (Å²) in [4.78, 5) is 35.7. The molecule has 0 spiro atoms. The Morgan fingerprint density at radius 2 is 1.62 bits per heavy atom. The highest BCUT2D eigenvalue weighted by Gasteiger charge is 2.29. The van der Waals surface area contributed by atoms with Crippen molar-refractivity contribution < 1.29 is 24.2 Å². The second-order valence-corrected chi connectivity index (χ2v) is 8.20. The summed E-state index contributed by atoms with van der Waals surface area (Å²) in [6.07, 6.45) is 0.622. The van der Waals surface area contributed by atoms with E-state index in [9.17, 15) is 14.4 Å². The van der Waals surface area contributed by atoms with Crippen molar-refractivity contribution in [1.82, 2.24) is 10.6 Å². The topological polar surface area (TPSA) is 105 Å². The summed E-state index contributed by atoms with van der Waals surface area (Å²) in [6.45, 7) is 3.94. The molecule has 1 aliphatic carbocycles. The van der Waals surface area contributed by atoms with Gasteiger partial charge in [0.25, 0.3) is 0 Å². The van der Waals surface area contributed by atoms with E-state index in [2.05, 4.69) is 34.9 Å². The molecule has 0 radical (unpaired) electrons. The zero-order chi connectivity index (χ0) is 23.1. The van der Waals surface area contributed by atoms with Crippen molar-refractivity contribution in [2.24, 2.45) is 5.92 Å². The van der Waals surface area contributed by atoms with Gasteiger partial charge in [-0.25, -0.2) is 4.79 Å². The number of aliphatic carboxylic acids is 1. The van der Waals surface area contributed by atoms with E-state index in [-0.39, 0.29) is 31.4 Å². The number of carbonyl (C=O) groups excluding carboxylic acids is 2. The maximum atomic E-state index is 12.5. The predicted octanol–water partition coefficient (Wildman–Crippen LogP) is 3.92.